The minimum absolute atomic E-state index is 0.00693. The van der Waals surface area contributed by atoms with Crippen molar-refractivity contribution in [2.45, 2.75) is 13.0 Å². The second-order valence-corrected chi connectivity index (χ2v) is 4.20. The van der Waals surface area contributed by atoms with Crippen LogP contribution in [-0.2, 0) is 4.79 Å². The zero-order valence-electron chi connectivity index (χ0n) is 9.67. The molecule has 0 fully saturated rings. The van der Waals surface area contributed by atoms with Crippen molar-refractivity contribution in [1.82, 2.24) is 0 Å². The lowest BCUT2D eigenvalue weighted by atomic mass is 10.2. The van der Waals surface area contributed by atoms with Crippen molar-refractivity contribution in [2.24, 2.45) is 0 Å². The van der Waals surface area contributed by atoms with E-state index < -0.39 is 6.10 Å². The number of thiol groups is 1. The van der Waals surface area contributed by atoms with E-state index in [0.717, 1.165) is 11.4 Å². The third-order valence-electron chi connectivity index (χ3n) is 2.63. The van der Waals surface area contributed by atoms with Crippen LogP contribution in [0.2, 0.25) is 0 Å². The molecule has 1 atom stereocenters. The summed E-state index contributed by atoms with van der Waals surface area (Å²) in [6.07, 6.45) is 3.45. The standard InChI is InChI=1S/C13H15NO2S/c1-10-13(15)14(8-4-5-9-17)11-6-2-3-7-12(11)16-10/h2-7,10,17H,8-9H2,1H3. The Morgan fingerprint density at radius 2 is 2.18 bits per heavy atom. The summed E-state index contributed by atoms with van der Waals surface area (Å²) in [5.74, 6) is 1.43. The van der Waals surface area contributed by atoms with E-state index in [1.54, 1.807) is 11.8 Å². The van der Waals surface area contributed by atoms with Gasteiger partial charge >= 0.3 is 0 Å². The van der Waals surface area contributed by atoms with Gasteiger partial charge in [0.15, 0.2) is 6.10 Å². The number of carbonyl (C=O) groups excluding carboxylic acids is 1. The average molecular weight is 249 g/mol. The molecule has 1 amide bonds. The first kappa shape index (κ1) is 12.0. The van der Waals surface area contributed by atoms with Crippen LogP contribution < -0.4 is 9.64 Å². The Kier molecular flexibility index (Phi) is 3.74. The van der Waals surface area contributed by atoms with Gasteiger partial charge in [-0.05, 0) is 19.1 Å². The van der Waals surface area contributed by atoms with Gasteiger partial charge in [0.2, 0.25) is 0 Å². The number of anilines is 1. The summed E-state index contributed by atoms with van der Waals surface area (Å²) in [6.45, 7) is 2.33. The number of carbonyl (C=O) groups is 1. The SMILES string of the molecule is CC1Oc2ccccc2N(CC=CCS)C1=O. The summed E-state index contributed by atoms with van der Waals surface area (Å²) < 4.78 is 5.55. The number of rotatable bonds is 3. The number of benzene rings is 1. The molecule has 90 valence electrons. The first-order valence-electron chi connectivity index (χ1n) is 5.57. The van der Waals surface area contributed by atoms with Crippen molar-refractivity contribution in [3.05, 3.63) is 36.4 Å². The number of nitrogens with zero attached hydrogens (tertiary/aromatic N) is 1. The maximum Gasteiger partial charge on any atom is 0.268 e. The minimum atomic E-state index is -0.422. The van der Waals surface area contributed by atoms with Gasteiger partial charge in [-0.3, -0.25) is 4.79 Å². The maximum absolute atomic E-state index is 12.0. The first-order chi connectivity index (χ1) is 8.24. The highest BCUT2D eigenvalue weighted by atomic mass is 32.1. The highest BCUT2D eigenvalue weighted by molar-refractivity contribution is 7.80. The van der Waals surface area contributed by atoms with Crippen molar-refractivity contribution < 1.29 is 9.53 Å². The number of fused-ring (bicyclic) bond motifs is 1. The van der Waals surface area contributed by atoms with Crippen molar-refractivity contribution in [1.29, 1.82) is 0 Å². The van der Waals surface area contributed by atoms with Crippen molar-refractivity contribution in [3.8, 4) is 5.75 Å². The van der Waals surface area contributed by atoms with Crippen LogP contribution in [0.4, 0.5) is 5.69 Å². The molecular formula is C13H15NO2S. The summed E-state index contributed by atoms with van der Waals surface area (Å²) >= 11 is 4.10. The largest absolute Gasteiger partial charge is 0.479 e. The second-order valence-electron chi connectivity index (χ2n) is 3.83. The minimum Gasteiger partial charge on any atom is -0.479 e. The molecule has 1 aliphatic heterocycles. The Balaban J connectivity index is 2.29. The van der Waals surface area contributed by atoms with Gasteiger partial charge in [0.25, 0.3) is 5.91 Å². The van der Waals surface area contributed by atoms with E-state index in [1.807, 2.05) is 36.4 Å². The molecule has 0 radical (unpaired) electrons. The van der Waals surface area contributed by atoms with Crippen molar-refractivity contribution >= 4 is 24.2 Å². The molecule has 1 heterocycles. The van der Waals surface area contributed by atoms with Gasteiger partial charge in [0.1, 0.15) is 5.75 Å². The van der Waals surface area contributed by atoms with Gasteiger partial charge in [-0.2, -0.15) is 12.6 Å². The van der Waals surface area contributed by atoms with Crippen LogP contribution in [-0.4, -0.2) is 24.3 Å². The van der Waals surface area contributed by atoms with Gasteiger partial charge in [0.05, 0.1) is 5.69 Å². The molecule has 17 heavy (non-hydrogen) atoms. The quantitative estimate of drug-likeness (QED) is 0.658. The molecule has 1 aromatic carbocycles. The lowest BCUT2D eigenvalue weighted by Gasteiger charge is -2.32. The van der Waals surface area contributed by atoms with Crippen LogP contribution in [0.3, 0.4) is 0 Å². The lowest BCUT2D eigenvalue weighted by Crippen LogP contribution is -2.44. The normalized spacial score (nSPS) is 19.3. The van der Waals surface area contributed by atoms with E-state index in [2.05, 4.69) is 12.6 Å². The number of hydrogen-bond donors (Lipinski definition) is 1. The molecule has 0 spiro atoms. The molecule has 0 N–H and O–H groups in total. The molecule has 0 saturated carbocycles. The van der Waals surface area contributed by atoms with Gasteiger partial charge < -0.3 is 9.64 Å². The molecule has 0 aliphatic carbocycles. The first-order valence-corrected chi connectivity index (χ1v) is 6.20. The van der Waals surface area contributed by atoms with Gasteiger partial charge in [-0.1, -0.05) is 24.3 Å². The van der Waals surface area contributed by atoms with E-state index in [4.69, 9.17) is 4.74 Å². The van der Waals surface area contributed by atoms with E-state index in [0.29, 0.717) is 12.3 Å². The number of amides is 1. The molecule has 0 saturated heterocycles. The number of hydrogen-bond acceptors (Lipinski definition) is 3. The van der Waals surface area contributed by atoms with Crippen LogP contribution in [0.1, 0.15) is 6.92 Å². The zero-order valence-corrected chi connectivity index (χ0v) is 10.6. The molecule has 0 aromatic heterocycles. The van der Waals surface area contributed by atoms with E-state index in [9.17, 15) is 4.79 Å². The number of ether oxygens (including phenoxy) is 1. The molecule has 3 nitrogen and oxygen atoms in total. The lowest BCUT2D eigenvalue weighted by molar-refractivity contribution is -0.125. The fourth-order valence-corrected chi connectivity index (χ4v) is 1.95. The second kappa shape index (κ2) is 5.27. The van der Waals surface area contributed by atoms with Crippen LogP contribution in [0.15, 0.2) is 36.4 Å². The fraction of sp³-hybridized carbons (Fsp3) is 0.308. The van der Waals surface area contributed by atoms with Gasteiger partial charge in [-0.25, -0.2) is 0 Å². The topological polar surface area (TPSA) is 29.5 Å². The monoisotopic (exact) mass is 249 g/mol. The van der Waals surface area contributed by atoms with E-state index in [1.165, 1.54) is 0 Å². The van der Waals surface area contributed by atoms with E-state index in [-0.39, 0.29) is 5.91 Å². The van der Waals surface area contributed by atoms with Crippen LogP contribution >= 0.6 is 12.6 Å². The highest BCUT2D eigenvalue weighted by Gasteiger charge is 2.30. The van der Waals surface area contributed by atoms with Gasteiger partial charge in [-0.15, -0.1) is 0 Å². The Labute approximate surface area is 106 Å². The predicted molar refractivity (Wildman–Crippen MR) is 71.9 cm³/mol. The third kappa shape index (κ3) is 2.47. The molecule has 2 rings (SSSR count). The van der Waals surface area contributed by atoms with Crippen LogP contribution in [0.25, 0.3) is 0 Å². The Bertz CT molecular complexity index is 445. The summed E-state index contributed by atoms with van der Waals surface area (Å²) in [5.41, 5.74) is 0.833. The molecule has 1 aliphatic rings. The molecule has 1 aromatic rings. The summed E-state index contributed by atoms with van der Waals surface area (Å²) in [5, 5.41) is 0. The van der Waals surface area contributed by atoms with Gasteiger partial charge in [0, 0.05) is 12.3 Å². The van der Waals surface area contributed by atoms with E-state index >= 15 is 0 Å². The third-order valence-corrected chi connectivity index (χ3v) is 2.84. The summed E-state index contributed by atoms with van der Waals surface area (Å²) in [7, 11) is 0. The molecular weight excluding hydrogens is 234 g/mol. The van der Waals surface area contributed by atoms with Crippen molar-refractivity contribution in [3.63, 3.8) is 0 Å². The Morgan fingerprint density at radius 1 is 1.41 bits per heavy atom. The highest BCUT2D eigenvalue weighted by Crippen LogP contribution is 2.33. The zero-order chi connectivity index (χ0) is 12.3. The molecule has 1 unspecified atom stereocenters. The van der Waals surface area contributed by atoms with Crippen LogP contribution in [0.5, 0.6) is 5.75 Å². The fourth-order valence-electron chi connectivity index (χ4n) is 1.80. The maximum atomic E-state index is 12.0. The van der Waals surface area contributed by atoms with Crippen molar-refractivity contribution in [2.75, 3.05) is 17.2 Å². The smallest absolute Gasteiger partial charge is 0.268 e. The number of para-hydroxylation sites is 2. The molecule has 4 heteroatoms. The predicted octanol–water partition coefficient (Wildman–Crippen LogP) is 2.29. The molecule has 0 bridgehead atoms. The summed E-state index contributed by atoms with van der Waals surface area (Å²) in [4.78, 5) is 13.8. The van der Waals surface area contributed by atoms with Crippen LogP contribution in [0, 0.1) is 0 Å². The average Bonchev–Trinajstić information content (AvgIpc) is 2.34. The Morgan fingerprint density at radius 3 is 2.94 bits per heavy atom. The Hall–Kier alpha value is -1.42. The summed E-state index contributed by atoms with van der Waals surface area (Å²) in [6, 6.07) is 7.59.